The van der Waals surface area contributed by atoms with E-state index in [1.807, 2.05) is 6.92 Å². The minimum Gasteiger partial charge on any atom is -0.346 e. The second-order valence-electron chi connectivity index (χ2n) is 3.66. The van der Waals surface area contributed by atoms with Gasteiger partial charge in [0.1, 0.15) is 10.8 Å². The van der Waals surface area contributed by atoms with Crippen LogP contribution >= 0.6 is 22.9 Å². The van der Waals surface area contributed by atoms with Crippen molar-refractivity contribution < 1.29 is 4.79 Å². The number of thiazole rings is 1. The number of carbonyl (C=O) groups excluding carboxylic acids is 1. The van der Waals surface area contributed by atoms with Gasteiger partial charge in [0.05, 0.1) is 23.4 Å². The third-order valence-electron chi connectivity index (χ3n) is 2.21. The van der Waals surface area contributed by atoms with Gasteiger partial charge in [0, 0.05) is 11.1 Å². The Morgan fingerprint density at radius 2 is 2.17 bits per heavy atom. The Morgan fingerprint density at radius 1 is 1.39 bits per heavy atom. The fourth-order valence-electron chi connectivity index (χ4n) is 1.32. The lowest BCUT2D eigenvalue weighted by atomic mass is 10.4. The van der Waals surface area contributed by atoms with Gasteiger partial charge < -0.3 is 5.32 Å². The zero-order valence-electron chi connectivity index (χ0n) is 9.90. The number of carbonyl (C=O) groups is 1. The van der Waals surface area contributed by atoms with Crippen molar-refractivity contribution in [2.75, 3.05) is 0 Å². The molecule has 0 atom stereocenters. The molecular weight excluding hydrogens is 272 g/mol. The van der Waals surface area contributed by atoms with Crippen LogP contribution in [-0.4, -0.2) is 20.9 Å². The summed E-state index contributed by atoms with van der Waals surface area (Å²) in [6, 6.07) is 0. The molecule has 0 aromatic carbocycles. The van der Waals surface area contributed by atoms with Crippen molar-refractivity contribution in [3.8, 4) is 0 Å². The number of aromatic nitrogens is 3. The molecule has 5 nitrogen and oxygen atoms in total. The van der Waals surface area contributed by atoms with Gasteiger partial charge in [0.15, 0.2) is 0 Å². The zero-order valence-corrected chi connectivity index (χ0v) is 11.5. The molecule has 94 valence electrons. The Kier molecular flexibility index (Phi) is 3.88. The highest BCUT2D eigenvalue weighted by molar-refractivity contribution is 7.11. The van der Waals surface area contributed by atoms with Gasteiger partial charge in [-0.05, 0) is 13.8 Å². The van der Waals surface area contributed by atoms with E-state index in [2.05, 4.69) is 20.3 Å². The summed E-state index contributed by atoms with van der Waals surface area (Å²) in [6.45, 7) is 4.07. The first-order valence-electron chi connectivity index (χ1n) is 5.25. The number of hydrogen-bond donors (Lipinski definition) is 1. The zero-order chi connectivity index (χ0) is 13.1. The summed E-state index contributed by atoms with van der Waals surface area (Å²) in [5.41, 5.74) is 0.802. The molecule has 0 bridgehead atoms. The van der Waals surface area contributed by atoms with Crippen LogP contribution in [0.1, 0.15) is 26.1 Å². The molecule has 0 unspecified atom stereocenters. The molecule has 18 heavy (non-hydrogen) atoms. The number of nitrogens with zero attached hydrogens (tertiary/aromatic N) is 3. The lowest BCUT2D eigenvalue weighted by Crippen LogP contribution is -2.23. The molecule has 0 spiro atoms. The molecule has 1 amide bonds. The lowest BCUT2D eigenvalue weighted by Gasteiger charge is -2.03. The van der Waals surface area contributed by atoms with Crippen molar-refractivity contribution in [1.29, 1.82) is 0 Å². The van der Waals surface area contributed by atoms with Crippen LogP contribution in [0.4, 0.5) is 0 Å². The number of aryl methyl sites for hydroxylation is 2. The average Bonchev–Trinajstić information content (AvgIpc) is 2.75. The molecule has 0 aliphatic carbocycles. The molecule has 7 heteroatoms. The molecular formula is C11H11ClN4OS. The van der Waals surface area contributed by atoms with Crippen LogP contribution in [0.15, 0.2) is 12.4 Å². The van der Waals surface area contributed by atoms with E-state index in [1.165, 1.54) is 6.20 Å². The Labute approximate surface area is 113 Å². The van der Waals surface area contributed by atoms with Crippen molar-refractivity contribution in [3.05, 3.63) is 38.8 Å². The van der Waals surface area contributed by atoms with Gasteiger partial charge >= 0.3 is 0 Å². The molecule has 1 N–H and O–H groups in total. The standard InChI is InChI=1S/C11H11ClN4OS/c1-6-10(12)14-5-9(16-6)11(17)15-4-8-3-13-7(2)18-8/h3,5H,4H2,1-2H3,(H,15,17). The fraction of sp³-hybridized carbons (Fsp3) is 0.273. The summed E-state index contributed by atoms with van der Waals surface area (Å²) in [5, 5.41) is 4.04. The van der Waals surface area contributed by atoms with E-state index in [0.717, 1.165) is 9.88 Å². The van der Waals surface area contributed by atoms with Crippen LogP contribution < -0.4 is 5.32 Å². The molecule has 0 radical (unpaired) electrons. The average molecular weight is 283 g/mol. The molecule has 2 aromatic heterocycles. The predicted molar refractivity (Wildman–Crippen MR) is 69.8 cm³/mol. The maximum Gasteiger partial charge on any atom is 0.271 e. The maximum absolute atomic E-state index is 11.8. The van der Waals surface area contributed by atoms with Crippen molar-refractivity contribution in [2.45, 2.75) is 20.4 Å². The Hall–Kier alpha value is -1.53. The minimum atomic E-state index is -0.270. The van der Waals surface area contributed by atoms with Crippen LogP contribution in [-0.2, 0) is 6.54 Å². The molecule has 0 saturated carbocycles. The molecule has 0 aliphatic rings. The molecule has 0 aliphatic heterocycles. The van der Waals surface area contributed by atoms with Crippen LogP contribution in [0, 0.1) is 13.8 Å². The summed E-state index contributed by atoms with van der Waals surface area (Å²) in [5.74, 6) is -0.270. The van der Waals surface area contributed by atoms with Crippen LogP contribution in [0.2, 0.25) is 5.15 Å². The van der Waals surface area contributed by atoms with Crippen molar-refractivity contribution in [1.82, 2.24) is 20.3 Å². The minimum absolute atomic E-state index is 0.262. The van der Waals surface area contributed by atoms with Gasteiger partial charge in [-0.15, -0.1) is 11.3 Å². The summed E-state index contributed by atoms with van der Waals surface area (Å²) < 4.78 is 0. The van der Waals surface area contributed by atoms with Crippen molar-refractivity contribution >= 4 is 28.8 Å². The van der Waals surface area contributed by atoms with Crippen LogP contribution in [0.3, 0.4) is 0 Å². The van der Waals surface area contributed by atoms with Crippen LogP contribution in [0.5, 0.6) is 0 Å². The first kappa shape index (κ1) is 12.9. The topological polar surface area (TPSA) is 67.8 Å². The van der Waals surface area contributed by atoms with Gasteiger partial charge in [-0.2, -0.15) is 0 Å². The summed E-state index contributed by atoms with van der Waals surface area (Å²) in [6.07, 6.45) is 3.11. The summed E-state index contributed by atoms with van der Waals surface area (Å²) in [4.78, 5) is 24.9. The van der Waals surface area contributed by atoms with Crippen LogP contribution in [0.25, 0.3) is 0 Å². The third kappa shape index (κ3) is 3.02. The highest BCUT2D eigenvalue weighted by Gasteiger charge is 2.10. The lowest BCUT2D eigenvalue weighted by molar-refractivity contribution is 0.0945. The molecule has 2 rings (SSSR count). The van der Waals surface area contributed by atoms with E-state index in [4.69, 9.17) is 11.6 Å². The van der Waals surface area contributed by atoms with E-state index in [0.29, 0.717) is 17.4 Å². The van der Waals surface area contributed by atoms with E-state index < -0.39 is 0 Å². The molecule has 2 heterocycles. The van der Waals surface area contributed by atoms with Gasteiger partial charge in [0.2, 0.25) is 0 Å². The monoisotopic (exact) mass is 282 g/mol. The number of halogens is 1. The quantitative estimate of drug-likeness (QED) is 0.936. The van der Waals surface area contributed by atoms with E-state index in [1.54, 1.807) is 24.5 Å². The second-order valence-corrected chi connectivity index (χ2v) is 5.34. The highest BCUT2D eigenvalue weighted by Crippen LogP contribution is 2.11. The highest BCUT2D eigenvalue weighted by atomic mass is 35.5. The Bertz CT molecular complexity index is 584. The van der Waals surface area contributed by atoms with Gasteiger partial charge in [-0.3, -0.25) is 4.79 Å². The summed E-state index contributed by atoms with van der Waals surface area (Å²) in [7, 11) is 0. The molecule has 0 saturated heterocycles. The van der Waals surface area contributed by atoms with Crippen molar-refractivity contribution in [3.63, 3.8) is 0 Å². The number of rotatable bonds is 3. The Morgan fingerprint density at radius 3 is 2.78 bits per heavy atom. The SMILES string of the molecule is Cc1ncc(CNC(=O)c2cnc(Cl)c(C)n2)s1. The number of amides is 1. The second kappa shape index (κ2) is 5.41. The van der Waals surface area contributed by atoms with Gasteiger partial charge in [0.25, 0.3) is 5.91 Å². The van der Waals surface area contributed by atoms with Gasteiger partial charge in [-0.25, -0.2) is 15.0 Å². The predicted octanol–water partition coefficient (Wildman–Crippen LogP) is 2.13. The first-order valence-corrected chi connectivity index (χ1v) is 6.44. The normalized spacial score (nSPS) is 10.4. The Balaban J connectivity index is 2.01. The van der Waals surface area contributed by atoms with E-state index >= 15 is 0 Å². The van der Waals surface area contributed by atoms with Gasteiger partial charge in [-0.1, -0.05) is 11.6 Å². The molecule has 2 aromatic rings. The summed E-state index contributed by atoms with van der Waals surface area (Å²) >= 11 is 7.30. The number of nitrogens with one attached hydrogen (secondary N) is 1. The fourth-order valence-corrected chi connectivity index (χ4v) is 2.15. The van der Waals surface area contributed by atoms with Crippen molar-refractivity contribution in [2.24, 2.45) is 0 Å². The first-order chi connectivity index (χ1) is 8.56. The largest absolute Gasteiger partial charge is 0.346 e. The maximum atomic E-state index is 11.8. The molecule has 0 fully saturated rings. The van der Waals surface area contributed by atoms with E-state index in [9.17, 15) is 4.79 Å². The third-order valence-corrected chi connectivity index (χ3v) is 3.50. The smallest absolute Gasteiger partial charge is 0.271 e. The van der Waals surface area contributed by atoms with E-state index in [-0.39, 0.29) is 11.6 Å². The number of hydrogen-bond acceptors (Lipinski definition) is 5.